The number of carbonyl (C=O) groups is 2. The number of hydrogen-bond donors (Lipinski definition) is 4. The molecule has 0 fully saturated rings. The maximum absolute atomic E-state index is 12.4. The van der Waals surface area contributed by atoms with E-state index >= 15 is 0 Å². The molecule has 0 aromatic heterocycles. The summed E-state index contributed by atoms with van der Waals surface area (Å²) in [5.41, 5.74) is 2.68. The van der Waals surface area contributed by atoms with Crippen LogP contribution in [0, 0.1) is 0 Å². The number of aromatic hydroxyl groups is 1. The number of phenols is 1. The Balaban J connectivity index is 1.55. The molecule has 2 aromatic rings. The van der Waals surface area contributed by atoms with Crippen molar-refractivity contribution in [1.29, 1.82) is 0 Å². The van der Waals surface area contributed by atoms with Gasteiger partial charge in [-0.3, -0.25) is 9.59 Å². The molecule has 26 heavy (non-hydrogen) atoms. The first-order valence-corrected chi connectivity index (χ1v) is 8.23. The van der Waals surface area contributed by atoms with Crippen LogP contribution in [0.1, 0.15) is 16.7 Å². The summed E-state index contributed by atoms with van der Waals surface area (Å²) in [6.45, 7) is 0.786. The van der Waals surface area contributed by atoms with E-state index in [-0.39, 0.29) is 12.3 Å². The van der Waals surface area contributed by atoms with E-state index in [1.54, 1.807) is 12.1 Å². The molecule has 136 valence electrons. The minimum absolute atomic E-state index is 0.103. The fourth-order valence-electron chi connectivity index (χ4n) is 2.86. The second-order valence-corrected chi connectivity index (χ2v) is 6.24. The molecule has 3 rings (SSSR count). The van der Waals surface area contributed by atoms with E-state index in [0.29, 0.717) is 18.7 Å². The zero-order chi connectivity index (χ0) is 18.7. The van der Waals surface area contributed by atoms with Crippen molar-refractivity contribution in [1.82, 2.24) is 10.2 Å². The molecule has 2 atom stereocenters. The van der Waals surface area contributed by atoms with E-state index in [1.165, 1.54) is 17.0 Å². The third kappa shape index (κ3) is 3.84. The molecular weight excluding hydrogens is 336 g/mol. The predicted molar refractivity (Wildman–Crippen MR) is 92.7 cm³/mol. The summed E-state index contributed by atoms with van der Waals surface area (Å²) < 4.78 is 0. The molecule has 0 aliphatic carbocycles. The van der Waals surface area contributed by atoms with Crippen molar-refractivity contribution in [3.05, 3.63) is 65.2 Å². The summed E-state index contributed by atoms with van der Waals surface area (Å²) in [6.07, 6.45) is -3.69. The topological polar surface area (TPSA) is 110 Å². The van der Waals surface area contributed by atoms with Crippen LogP contribution in [0.15, 0.2) is 48.5 Å². The van der Waals surface area contributed by atoms with Crippen molar-refractivity contribution in [2.24, 2.45) is 0 Å². The van der Waals surface area contributed by atoms with Gasteiger partial charge in [0.25, 0.3) is 11.8 Å². The van der Waals surface area contributed by atoms with Crippen molar-refractivity contribution >= 4 is 11.8 Å². The fraction of sp³-hybridized carbons (Fsp3) is 0.263. The van der Waals surface area contributed by atoms with Gasteiger partial charge >= 0.3 is 0 Å². The Kier molecular flexibility index (Phi) is 5.20. The summed E-state index contributed by atoms with van der Waals surface area (Å²) in [5, 5.41) is 31.8. The van der Waals surface area contributed by atoms with Crippen molar-refractivity contribution in [3.8, 4) is 5.75 Å². The molecule has 2 amide bonds. The highest BCUT2D eigenvalue weighted by molar-refractivity contribution is 5.90. The van der Waals surface area contributed by atoms with Gasteiger partial charge in [0.1, 0.15) is 5.75 Å². The number of nitrogens with one attached hydrogen (secondary N) is 1. The van der Waals surface area contributed by atoms with Crippen LogP contribution >= 0.6 is 0 Å². The minimum atomic E-state index is -1.86. The Labute approximate surface area is 150 Å². The molecular formula is C19H20N2O5. The minimum Gasteiger partial charge on any atom is -0.508 e. The summed E-state index contributed by atoms with van der Waals surface area (Å²) in [4.78, 5) is 25.8. The average molecular weight is 356 g/mol. The Morgan fingerprint density at radius 3 is 2.12 bits per heavy atom. The van der Waals surface area contributed by atoms with E-state index in [4.69, 9.17) is 0 Å². The van der Waals surface area contributed by atoms with Crippen LogP contribution < -0.4 is 5.32 Å². The van der Waals surface area contributed by atoms with E-state index in [9.17, 15) is 24.9 Å². The monoisotopic (exact) mass is 356 g/mol. The summed E-state index contributed by atoms with van der Waals surface area (Å²) in [6, 6.07) is 13.7. The van der Waals surface area contributed by atoms with Crippen LogP contribution in [-0.4, -0.2) is 44.2 Å². The lowest BCUT2D eigenvalue weighted by molar-refractivity contribution is -0.153. The molecule has 4 N–H and O–H groups in total. The molecule has 2 aromatic carbocycles. The number of benzene rings is 2. The molecule has 7 nitrogen and oxygen atoms in total. The summed E-state index contributed by atoms with van der Waals surface area (Å²) in [7, 11) is 0. The molecule has 7 heteroatoms. The first kappa shape index (κ1) is 17.9. The number of aliphatic hydroxyl groups is 2. The number of carbonyl (C=O) groups excluding carboxylic acids is 2. The number of phenolic OH excluding ortho intramolecular Hbond substituents is 1. The lowest BCUT2D eigenvalue weighted by Crippen LogP contribution is -2.49. The molecule has 0 unspecified atom stereocenters. The van der Waals surface area contributed by atoms with Crippen LogP contribution in [0.3, 0.4) is 0 Å². The second-order valence-electron chi connectivity index (χ2n) is 6.24. The second kappa shape index (κ2) is 7.55. The normalized spacial score (nSPS) is 15.2. The van der Waals surface area contributed by atoms with Gasteiger partial charge in [-0.15, -0.1) is 0 Å². The largest absolute Gasteiger partial charge is 0.508 e. The fourth-order valence-corrected chi connectivity index (χ4v) is 2.86. The molecule has 1 aliphatic rings. The Morgan fingerprint density at radius 2 is 1.54 bits per heavy atom. The summed E-state index contributed by atoms with van der Waals surface area (Å²) >= 11 is 0. The van der Waals surface area contributed by atoms with Gasteiger partial charge in [-0.05, 0) is 28.8 Å². The molecule has 0 radical (unpaired) electrons. The highest BCUT2D eigenvalue weighted by Crippen LogP contribution is 2.23. The maximum Gasteiger partial charge on any atom is 0.255 e. The third-order valence-electron chi connectivity index (χ3n) is 4.38. The molecule has 0 spiro atoms. The Bertz CT molecular complexity index is 781. The van der Waals surface area contributed by atoms with Gasteiger partial charge in [0.15, 0.2) is 12.2 Å². The zero-order valence-corrected chi connectivity index (χ0v) is 14.0. The van der Waals surface area contributed by atoms with Gasteiger partial charge in [-0.1, -0.05) is 36.4 Å². The molecule has 0 saturated carbocycles. The number of amides is 2. The first-order valence-electron chi connectivity index (χ1n) is 8.23. The van der Waals surface area contributed by atoms with Crippen molar-refractivity contribution in [2.45, 2.75) is 31.8 Å². The maximum atomic E-state index is 12.4. The third-order valence-corrected chi connectivity index (χ3v) is 4.38. The molecule has 0 bridgehead atoms. The van der Waals surface area contributed by atoms with Crippen molar-refractivity contribution in [2.75, 3.05) is 0 Å². The SMILES string of the molecule is O=C(NCc1ccc(O)cc1)[C@H](O)[C@@H](O)C(=O)N1Cc2ccccc2C1. The van der Waals surface area contributed by atoms with E-state index in [1.807, 2.05) is 24.3 Å². The van der Waals surface area contributed by atoms with Gasteiger partial charge in [-0.25, -0.2) is 0 Å². The number of aliphatic hydroxyl groups excluding tert-OH is 2. The number of nitrogens with zero attached hydrogens (tertiary/aromatic N) is 1. The standard InChI is InChI=1S/C19H20N2O5/c22-15-7-5-12(6-8-15)9-20-18(25)16(23)17(24)19(26)21-10-13-3-1-2-4-14(13)11-21/h1-8,16-17,22-24H,9-11H2,(H,20,25)/t16-,17-/m1/s1. The first-order chi connectivity index (χ1) is 12.5. The molecule has 0 saturated heterocycles. The predicted octanol–water partition coefficient (Wildman–Crippen LogP) is 0.273. The van der Waals surface area contributed by atoms with Gasteiger partial charge < -0.3 is 25.5 Å². The smallest absolute Gasteiger partial charge is 0.255 e. The lowest BCUT2D eigenvalue weighted by atomic mass is 10.1. The molecule has 1 heterocycles. The Hall–Kier alpha value is -2.90. The number of rotatable bonds is 5. The van der Waals surface area contributed by atoms with Crippen LogP contribution in [0.4, 0.5) is 0 Å². The van der Waals surface area contributed by atoms with Gasteiger partial charge in [0.05, 0.1) is 0 Å². The lowest BCUT2D eigenvalue weighted by Gasteiger charge is -2.22. The van der Waals surface area contributed by atoms with E-state index in [2.05, 4.69) is 5.32 Å². The Morgan fingerprint density at radius 1 is 0.962 bits per heavy atom. The number of fused-ring (bicyclic) bond motifs is 1. The van der Waals surface area contributed by atoms with E-state index < -0.39 is 24.0 Å². The number of hydrogen-bond acceptors (Lipinski definition) is 5. The van der Waals surface area contributed by atoms with E-state index in [0.717, 1.165) is 11.1 Å². The van der Waals surface area contributed by atoms with Gasteiger partial charge in [0, 0.05) is 19.6 Å². The van der Waals surface area contributed by atoms with Gasteiger partial charge in [-0.2, -0.15) is 0 Å². The van der Waals surface area contributed by atoms with Gasteiger partial charge in [0.2, 0.25) is 0 Å². The average Bonchev–Trinajstić information content (AvgIpc) is 3.09. The highest BCUT2D eigenvalue weighted by atomic mass is 16.3. The summed E-state index contributed by atoms with van der Waals surface area (Å²) in [5.74, 6) is -1.42. The quantitative estimate of drug-likeness (QED) is 0.615. The highest BCUT2D eigenvalue weighted by Gasteiger charge is 2.35. The van der Waals surface area contributed by atoms with Crippen molar-refractivity contribution in [3.63, 3.8) is 0 Å². The van der Waals surface area contributed by atoms with Crippen LogP contribution in [0.5, 0.6) is 5.75 Å². The molecule has 1 aliphatic heterocycles. The van der Waals surface area contributed by atoms with Crippen LogP contribution in [-0.2, 0) is 29.2 Å². The van der Waals surface area contributed by atoms with Crippen molar-refractivity contribution < 1.29 is 24.9 Å². The van der Waals surface area contributed by atoms with Crippen LogP contribution in [0.2, 0.25) is 0 Å². The van der Waals surface area contributed by atoms with Crippen LogP contribution in [0.25, 0.3) is 0 Å². The zero-order valence-electron chi connectivity index (χ0n) is 14.0.